The summed E-state index contributed by atoms with van der Waals surface area (Å²) in [6.45, 7) is 4.89. The van der Waals surface area contributed by atoms with Crippen molar-refractivity contribution in [3.8, 4) is 0 Å². The van der Waals surface area contributed by atoms with Crippen LogP contribution >= 0.6 is 0 Å². The van der Waals surface area contributed by atoms with Gasteiger partial charge in [0.25, 0.3) is 0 Å². The Morgan fingerprint density at radius 3 is 2.50 bits per heavy atom. The molecule has 1 unspecified atom stereocenters. The zero-order valence-corrected chi connectivity index (χ0v) is 12.2. The third-order valence-electron chi connectivity index (χ3n) is 4.17. The van der Waals surface area contributed by atoms with Gasteiger partial charge in [0.15, 0.2) is 11.6 Å². The molecule has 0 radical (unpaired) electrons. The van der Waals surface area contributed by atoms with Crippen molar-refractivity contribution in [3.63, 3.8) is 0 Å². The van der Waals surface area contributed by atoms with E-state index in [1.54, 1.807) is 0 Å². The third-order valence-corrected chi connectivity index (χ3v) is 4.17. The van der Waals surface area contributed by atoms with Gasteiger partial charge in [-0.2, -0.15) is 0 Å². The summed E-state index contributed by atoms with van der Waals surface area (Å²) < 4.78 is 31.8. The fourth-order valence-corrected chi connectivity index (χ4v) is 2.62. The standard InChI is InChI=1S/C16H23F2NO/c1-16(2)7-5-12(6-8-16)20-10-15(19)11-3-4-13(17)14(18)9-11/h3-4,9,12,15H,5-8,10,19H2,1-2H3. The van der Waals surface area contributed by atoms with Crippen LogP contribution in [0.25, 0.3) is 0 Å². The van der Waals surface area contributed by atoms with E-state index in [0.29, 0.717) is 17.6 Å². The van der Waals surface area contributed by atoms with Crippen LogP contribution < -0.4 is 5.73 Å². The molecule has 2 N–H and O–H groups in total. The quantitative estimate of drug-likeness (QED) is 0.908. The van der Waals surface area contributed by atoms with Crippen molar-refractivity contribution in [3.05, 3.63) is 35.4 Å². The van der Waals surface area contributed by atoms with Gasteiger partial charge in [-0.3, -0.25) is 0 Å². The van der Waals surface area contributed by atoms with Crippen molar-refractivity contribution < 1.29 is 13.5 Å². The third kappa shape index (κ3) is 4.00. The summed E-state index contributed by atoms with van der Waals surface area (Å²) in [5.74, 6) is -1.71. The van der Waals surface area contributed by atoms with Crippen LogP contribution in [0.2, 0.25) is 0 Å². The number of hydrogen-bond donors (Lipinski definition) is 1. The predicted molar refractivity (Wildman–Crippen MR) is 75.3 cm³/mol. The summed E-state index contributed by atoms with van der Waals surface area (Å²) >= 11 is 0. The molecule has 0 heterocycles. The van der Waals surface area contributed by atoms with Gasteiger partial charge in [-0.25, -0.2) is 8.78 Å². The average molecular weight is 283 g/mol. The summed E-state index contributed by atoms with van der Waals surface area (Å²) in [6.07, 6.45) is 4.62. The Balaban J connectivity index is 1.83. The molecule has 0 aromatic heterocycles. The molecule has 1 aromatic rings. The molecule has 1 aliphatic rings. The molecule has 0 saturated heterocycles. The van der Waals surface area contributed by atoms with E-state index in [2.05, 4.69) is 13.8 Å². The lowest BCUT2D eigenvalue weighted by atomic mass is 9.76. The molecule has 20 heavy (non-hydrogen) atoms. The number of halogens is 2. The van der Waals surface area contributed by atoms with E-state index >= 15 is 0 Å². The first-order chi connectivity index (χ1) is 9.37. The lowest BCUT2D eigenvalue weighted by Crippen LogP contribution is -2.29. The fraction of sp³-hybridized carbons (Fsp3) is 0.625. The zero-order chi connectivity index (χ0) is 14.8. The van der Waals surface area contributed by atoms with Crippen molar-refractivity contribution >= 4 is 0 Å². The van der Waals surface area contributed by atoms with Gasteiger partial charge in [0, 0.05) is 0 Å². The number of nitrogens with two attached hydrogens (primary N) is 1. The van der Waals surface area contributed by atoms with E-state index in [1.165, 1.54) is 6.07 Å². The number of ether oxygens (including phenoxy) is 1. The molecule has 0 aliphatic heterocycles. The van der Waals surface area contributed by atoms with Crippen LogP contribution in [-0.2, 0) is 4.74 Å². The van der Waals surface area contributed by atoms with E-state index in [0.717, 1.165) is 37.8 Å². The highest BCUT2D eigenvalue weighted by Gasteiger charge is 2.27. The Kier molecular flexibility index (Phi) is 4.76. The van der Waals surface area contributed by atoms with Crippen LogP contribution in [0, 0.1) is 17.0 Å². The molecule has 1 aromatic carbocycles. The second-order valence-corrected chi connectivity index (χ2v) is 6.48. The largest absolute Gasteiger partial charge is 0.376 e. The summed E-state index contributed by atoms with van der Waals surface area (Å²) in [5.41, 5.74) is 6.94. The second-order valence-electron chi connectivity index (χ2n) is 6.48. The minimum Gasteiger partial charge on any atom is -0.376 e. The molecule has 1 atom stereocenters. The van der Waals surface area contributed by atoms with E-state index in [4.69, 9.17) is 10.5 Å². The second kappa shape index (κ2) is 6.19. The van der Waals surface area contributed by atoms with Gasteiger partial charge in [-0.1, -0.05) is 19.9 Å². The van der Waals surface area contributed by atoms with Gasteiger partial charge in [-0.05, 0) is 48.8 Å². The molecule has 112 valence electrons. The molecule has 2 rings (SSSR count). The minimum atomic E-state index is -0.864. The van der Waals surface area contributed by atoms with E-state index in [9.17, 15) is 8.78 Å². The fourth-order valence-electron chi connectivity index (χ4n) is 2.62. The molecular weight excluding hydrogens is 260 g/mol. The van der Waals surface area contributed by atoms with Crippen LogP contribution in [0.1, 0.15) is 51.1 Å². The lowest BCUT2D eigenvalue weighted by Gasteiger charge is -2.34. The predicted octanol–water partition coefficient (Wildman–Crippen LogP) is 3.95. The monoisotopic (exact) mass is 283 g/mol. The molecule has 0 bridgehead atoms. The Bertz CT molecular complexity index is 452. The molecule has 0 amide bonds. The van der Waals surface area contributed by atoms with Crippen LogP contribution in [-0.4, -0.2) is 12.7 Å². The van der Waals surface area contributed by atoms with Crippen molar-refractivity contribution in [2.75, 3.05) is 6.61 Å². The smallest absolute Gasteiger partial charge is 0.159 e. The molecule has 2 nitrogen and oxygen atoms in total. The molecule has 1 fully saturated rings. The van der Waals surface area contributed by atoms with Crippen molar-refractivity contribution in [2.45, 2.75) is 51.7 Å². The van der Waals surface area contributed by atoms with Crippen molar-refractivity contribution in [1.29, 1.82) is 0 Å². The van der Waals surface area contributed by atoms with E-state index in [-0.39, 0.29) is 6.10 Å². The summed E-state index contributed by atoms with van der Waals surface area (Å²) in [7, 11) is 0. The van der Waals surface area contributed by atoms with Crippen LogP contribution in [0.3, 0.4) is 0 Å². The van der Waals surface area contributed by atoms with Gasteiger partial charge < -0.3 is 10.5 Å². The van der Waals surface area contributed by atoms with Gasteiger partial charge in [0.05, 0.1) is 18.8 Å². The zero-order valence-electron chi connectivity index (χ0n) is 12.2. The van der Waals surface area contributed by atoms with E-state index < -0.39 is 17.7 Å². The Hall–Kier alpha value is -1.00. The summed E-state index contributed by atoms with van der Waals surface area (Å²) in [6, 6.07) is 3.34. The molecule has 4 heteroatoms. The highest BCUT2D eigenvalue weighted by Crippen LogP contribution is 2.36. The van der Waals surface area contributed by atoms with Crippen LogP contribution in [0.4, 0.5) is 8.78 Å². The Labute approximate surface area is 119 Å². The Morgan fingerprint density at radius 2 is 1.90 bits per heavy atom. The number of benzene rings is 1. The first-order valence-corrected chi connectivity index (χ1v) is 7.19. The van der Waals surface area contributed by atoms with Crippen LogP contribution in [0.5, 0.6) is 0 Å². The van der Waals surface area contributed by atoms with Crippen molar-refractivity contribution in [1.82, 2.24) is 0 Å². The maximum Gasteiger partial charge on any atom is 0.159 e. The number of rotatable bonds is 4. The maximum absolute atomic E-state index is 13.1. The molecule has 0 spiro atoms. The number of hydrogen-bond acceptors (Lipinski definition) is 2. The highest BCUT2D eigenvalue weighted by atomic mass is 19.2. The minimum absolute atomic E-state index is 0.236. The lowest BCUT2D eigenvalue weighted by molar-refractivity contribution is -0.00187. The average Bonchev–Trinajstić information content (AvgIpc) is 2.40. The topological polar surface area (TPSA) is 35.2 Å². The molecule has 1 saturated carbocycles. The normalized spacial score (nSPS) is 20.9. The SMILES string of the molecule is CC1(C)CCC(OCC(N)c2ccc(F)c(F)c2)CC1. The molecular formula is C16H23F2NO. The van der Waals surface area contributed by atoms with Crippen molar-refractivity contribution in [2.24, 2.45) is 11.1 Å². The summed E-state index contributed by atoms with van der Waals surface area (Å²) in [5, 5.41) is 0. The first kappa shape index (κ1) is 15.4. The Morgan fingerprint density at radius 1 is 1.25 bits per heavy atom. The van der Waals surface area contributed by atoms with E-state index in [1.807, 2.05) is 0 Å². The summed E-state index contributed by atoms with van der Waals surface area (Å²) in [4.78, 5) is 0. The first-order valence-electron chi connectivity index (χ1n) is 7.19. The molecule has 1 aliphatic carbocycles. The van der Waals surface area contributed by atoms with Crippen LogP contribution in [0.15, 0.2) is 18.2 Å². The highest BCUT2D eigenvalue weighted by molar-refractivity contribution is 5.21. The van der Waals surface area contributed by atoms with Gasteiger partial charge in [0.2, 0.25) is 0 Å². The van der Waals surface area contributed by atoms with Gasteiger partial charge in [-0.15, -0.1) is 0 Å². The maximum atomic E-state index is 13.1. The van der Waals surface area contributed by atoms with Gasteiger partial charge >= 0.3 is 0 Å². The van der Waals surface area contributed by atoms with Gasteiger partial charge in [0.1, 0.15) is 0 Å².